The Bertz CT molecular complexity index is 764. The number of rotatable bonds is 9. The topological polar surface area (TPSA) is 107 Å². The molecule has 1 aliphatic rings. The quantitative estimate of drug-likeness (QED) is 0.451. The average molecular weight is 438 g/mol. The van der Waals surface area contributed by atoms with E-state index in [0.717, 1.165) is 24.3 Å². The number of hydrazine groups is 1. The zero-order valence-corrected chi connectivity index (χ0v) is 19.1. The number of hydrogen-bond donors (Lipinski definition) is 2. The van der Waals surface area contributed by atoms with E-state index in [9.17, 15) is 9.18 Å². The SMILES string of the molecule is Cc1nc(/C(N)=C(\COC(=O)N(C)CCC(C)F)N(C)N)ccc1OC1CCCCC1. The van der Waals surface area contributed by atoms with Crippen LogP contribution < -0.4 is 16.3 Å². The lowest BCUT2D eigenvalue weighted by Gasteiger charge is -2.24. The Kier molecular flexibility index (Phi) is 9.36. The number of nitrogens with zero attached hydrogens (tertiary/aromatic N) is 3. The van der Waals surface area contributed by atoms with Gasteiger partial charge in [-0.2, -0.15) is 0 Å². The molecule has 0 spiro atoms. The van der Waals surface area contributed by atoms with E-state index in [-0.39, 0.29) is 25.7 Å². The first-order chi connectivity index (χ1) is 14.7. The molecule has 9 heteroatoms. The molecule has 0 aliphatic heterocycles. The van der Waals surface area contributed by atoms with E-state index in [4.69, 9.17) is 21.1 Å². The number of aromatic nitrogens is 1. The standard InChI is InChI=1S/C22H36FN5O3/c1-15(23)12-13-27(3)22(29)30-14-19(28(4)25)21(24)18-10-11-20(16(2)26-18)31-17-8-6-5-7-9-17/h10-11,15,17H,5-9,12-14,24-25H2,1-4H3/b21-19-. The van der Waals surface area contributed by atoms with Crippen LogP contribution >= 0.6 is 0 Å². The van der Waals surface area contributed by atoms with Crippen LogP contribution in [0.1, 0.15) is 56.8 Å². The Balaban J connectivity index is 2.07. The summed E-state index contributed by atoms with van der Waals surface area (Å²) in [6.45, 7) is 3.45. The number of alkyl halides is 1. The molecule has 31 heavy (non-hydrogen) atoms. The van der Waals surface area contributed by atoms with E-state index in [1.165, 1.54) is 36.1 Å². The molecule has 1 unspecified atom stereocenters. The predicted octanol–water partition coefficient (Wildman–Crippen LogP) is 3.35. The minimum Gasteiger partial charge on any atom is -0.489 e. The van der Waals surface area contributed by atoms with E-state index in [1.54, 1.807) is 20.2 Å². The largest absolute Gasteiger partial charge is 0.489 e. The van der Waals surface area contributed by atoms with Gasteiger partial charge in [0.1, 0.15) is 12.4 Å². The first-order valence-electron chi connectivity index (χ1n) is 10.8. The molecular weight excluding hydrogens is 401 g/mol. The van der Waals surface area contributed by atoms with Crippen LogP contribution in [0, 0.1) is 6.92 Å². The number of ether oxygens (including phenoxy) is 2. The van der Waals surface area contributed by atoms with E-state index in [2.05, 4.69) is 4.98 Å². The Morgan fingerprint density at radius 3 is 2.55 bits per heavy atom. The first kappa shape index (κ1) is 24.7. The summed E-state index contributed by atoms with van der Waals surface area (Å²) >= 11 is 0. The van der Waals surface area contributed by atoms with Gasteiger partial charge < -0.3 is 25.1 Å². The van der Waals surface area contributed by atoms with Gasteiger partial charge in [0, 0.05) is 20.6 Å². The molecule has 2 rings (SSSR count). The molecule has 0 bridgehead atoms. The molecule has 4 N–H and O–H groups in total. The molecule has 1 aliphatic carbocycles. The highest BCUT2D eigenvalue weighted by atomic mass is 19.1. The second-order valence-corrected chi connectivity index (χ2v) is 8.17. The number of pyridine rings is 1. The Morgan fingerprint density at radius 1 is 1.29 bits per heavy atom. The summed E-state index contributed by atoms with van der Waals surface area (Å²) in [4.78, 5) is 18.0. The van der Waals surface area contributed by atoms with Gasteiger partial charge in [-0.05, 0) is 58.1 Å². The normalized spacial score (nSPS) is 16.3. The molecule has 1 heterocycles. The summed E-state index contributed by atoms with van der Waals surface area (Å²) in [6.07, 6.45) is 4.69. The fraction of sp³-hybridized carbons (Fsp3) is 0.636. The first-order valence-corrected chi connectivity index (χ1v) is 10.8. The highest BCUT2D eigenvalue weighted by molar-refractivity contribution is 5.68. The van der Waals surface area contributed by atoms with Crippen molar-refractivity contribution in [2.45, 2.75) is 64.6 Å². The van der Waals surface area contributed by atoms with Crippen molar-refractivity contribution >= 4 is 11.8 Å². The third-order valence-corrected chi connectivity index (χ3v) is 5.40. The van der Waals surface area contributed by atoms with Crippen LogP contribution in [-0.2, 0) is 4.74 Å². The predicted molar refractivity (Wildman–Crippen MR) is 119 cm³/mol. The van der Waals surface area contributed by atoms with Gasteiger partial charge in [-0.25, -0.2) is 20.0 Å². The summed E-state index contributed by atoms with van der Waals surface area (Å²) in [7, 11) is 3.16. The van der Waals surface area contributed by atoms with Gasteiger partial charge in [-0.3, -0.25) is 0 Å². The van der Waals surface area contributed by atoms with Crippen LogP contribution in [0.3, 0.4) is 0 Å². The van der Waals surface area contributed by atoms with Crippen molar-refractivity contribution in [3.8, 4) is 5.75 Å². The summed E-state index contributed by atoms with van der Waals surface area (Å²) in [5.74, 6) is 6.67. The third kappa shape index (κ3) is 7.57. The molecule has 174 valence electrons. The fourth-order valence-electron chi connectivity index (χ4n) is 3.41. The lowest BCUT2D eigenvalue weighted by atomic mass is 9.98. The maximum Gasteiger partial charge on any atom is 0.409 e. The van der Waals surface area contributed by atoms with Crippen LogP contribution in [0.2, 0.25) is 0 Å². The van der Waals surface area contributed by atoms with Gasteiger partial charge in [0.2, 0.25) is 0 Å². The summed E-state index contributed by atoms with van der Waals surface area (Å²) in [5, 5.41) is 1.30. The average Bonchev–Trinajstić information content (AvgIpc) is 2.73. The van der Waals surface area contributed by atoms with Crippen molar-refractivity contribution in [2.75, 3.05) is 27.2 Å². The molecule has 1 aromatic rings. The zero-order chi connectivity index (χ0) is 23.0. The van der Waals surface area contributed by atoms with E-state index in [0.29, 0.717) is 17.1 Å². The number of likely N-dealkylation sites (N-methyl/N-ethyl adjacent to an activating group) is 1. The monoisotopic (exact) mass is 437 g/mol. The number of aryl methyl sites for hydroxylation is 1. The van der Waals surface area contributed by atoms with E-state index in [1.807, 2.05) is 13.0 Å². The highest BCUT2D eigenvalue weighted by Gasteiger charge is 2.19. The number of carbonyl (C=O) groups excluding carboxylic acids is 1. The van der Waals surface area contributed by atoms with Crippen molar-refractivity contribution in [2.24, 2.45) is 11.6 Å². The molecule has 0 aromatic carbocycles. The minimum atomic E-state index is -0.990. The van der Waals surface area contributed by atoms with E-state index < -0.39 is 12.3 Å². The van der Waals surface area contributed by atoms with Crippen LogP contribution in [0.4, 0.5) is 9.18 Å². The molecule has 1 saturated carbocycles. The lowest BCUT2D eigenvalue weighted by molar-refractivity contribution is 0.110. The van der Waals surface area contributed by atoms with Crippen molar-refractivity contribution in [1.82, 2.24) is 14.9 Å². The van der Waals surface area contributed by atoms with Crippen molar-refractivity contribution in [3.05, 3.63) is 29.2 Å². The number of halogens is 1. The molecule has 1 aromatic heterocycles. The molecule has 0 saturated heterocycles. The number of amides is 1. The third-order valence-electron chi connectivity index (χ3n) is 5.40. The van der Waals surface area contributed by atoms with Crippen LogP contribution in [0.25, 0.3) is 5.70 Å². The summed E-state index contributed by atoms with van der Waals surface area (Å²) in [6, 6.07) is 3.64. The van der Waals surface area contributed by atoms with Crippen LogP contribution in [0.15, 0.2) is 17.8 Å². The van der Waals surface area contributed by atoms with Gasteiger partial charge >= 0.3 is 6.09 Å². The summed E-state index contributed by atoms with van der Waals surface area (Å²) in [5.41, 5.74) is 8.29. The van der Waals surface area contributed by atoms with Crippen LogP contribution in [0.5, 0.6) is 5.75 Å². The Hall–Kier alpha value is -2.55. The van der Waals surface area contributed by atoms with Crippen molar-refractivity contribution < 1.29 is 18.7 Å². The fourth-order valence-corrected chi connectivity index (χ4v) is 3.41. The van der Waals surface area contributed by atoms with E-state index >= 15 is 0 Å². The highest BCUT2D eigenvalue weighted by Crippen LogP contribution is 2.26. The van der Waals surface area contributed by atoms with Crippen molar-refractivity contribution in [3.63, 3.8) is 0 Å². The van der Waals surface area contributed by atoms with Gasteiger partial charge in [-0.15, -0.1) is 0 Å². The van der Waals surface area contributed by atoms with Gasteiger partial charge in [0.05, 0.1) is 35.1 Å². The summed E-state index contributed by atoms with van der Waals surface area (Å²) < 4.78 is 24.4. The number of nitrogens with two attached hydrogens (primary N) is 2. The van der Waals surface area contributed by atoms with Gasteiger partial charge in [0.15, 0.2) is 0 Å². The second kappa shape index (κ2) is 11.7. The Labute approximate surface area is 184 Å². The number of carbonyl (C=O) groups is 1. The molecular formula is C22H36FN5O3. The van der Waals surface area contributed by atoms with Gasteiger partial charge in [-0.1, -0.05) is 6.42 Å². The molecule has 1 atom stereocenters. The molecule has 1 fully saturated rings. The Morgan fingerprint density at radius 2 is 1.97 bits per heavy atom. The van der Waals surface area contributed by atoms with Gasteiger partial charge in [0.25, 0.3) is 0 Å². The zero-order valence-electron chi connectivity index (χ0n) is 19.1. The number of hydrogen-bond acceptors (Lipinski definition) is 7. The lowest BCUT2D eigenvalue weighted by Crippen LogP contribution is -2.34. The maximum atomic E-state index is 13.0. The molecule has 0 radical (unpaired) electrons. The van der Waals surface area contributed by atoms with Crippen LogP contribution in [-0.4, -0.2) is 60.5 Å². The molecule has 1 amide bonds. The molecule has 8 nitrogen and oxygen atoms in total. The minimum absolute atomic E-state index is 0.131. The smallest absolute Gasteiger partial charge is 0.409 e. The van der Waals surface area contributed by atoms with Crippen molar-refractivity contribution in [1.29, 1.82) is 0 Å². The second-order valence-electron chi connectivity index (χ2n) is 8.17. The maximum absolute atomic E-state index is 13.0.